The van der Waals surface area contributed by atoms with Crippen molar-refractivity contribution >= 4 is 0 Å². The Balaban J connectivity index is 4.51. The maximum atomic E-state index is 15.9. The molecule has 0 nitrogen and oxygen atoms in total. The van der Waals surface area contributed by atoms with E-state index in [0.29, 0.717) is 24.3 Å². The molecule has 0 aromatic rings. The van der Waals surface area contributed by atoms with Crippen LogP contribution >= 0.6 is 0 Å². The molecule has 0 aliphatic heterocycles. The molecule has 0 heterocycles. The minimum absolute atomic E-state index is 0.408. The highest BCUT2D eigenvalue weighted by Gasteiger charge is 2.85. The Labute approximate surface area is 188 Å². The summed E-state index contributed by atoms with van der Waals surface area (Å²) < 4.78 is 123. The summed E-state index contributed by atoms with van der Waals surface area (Å²) in [6.45, 7) is 15.5. The predicted molar refractivity (Wildman–Crippen MR) is 116 cm³/mol. The van der Waals surface area contributed by atoms with Crippen LogP contribution in [-0.4, -0.2) is 23.7 Å². The molecule has 0 bridgehead atoms. The van der Waals surface area contributed by atoms with Crippen LogP contribution in [0.25, 0.3) is 0 Å². The van der Waals surface area contributed by atoms with E-state index in [1.165, 1.54) is 26.0 Å². The summed E-state index contributed by atoms with van der Waals surface area (Å²) in [4.78, 5) is 0. The standard InChI is InChI=1S/C25H26F8/c1-7-12-14-20-17(6)18(13-8-2)19(11-5)23(20,24(30,31)21(26,27)15-9-3)25(32,33)22(28,29)16-10-4/h7-14H,3-6,15-16H2,1-2H3/b12-7-,13-8-,20-14+. The van der Waals surface area contributed by atoms with E-state index in [1.54, 1.807) is 0 Å². The number of halogens is 8. The Kier molecular flexibility index (Phi) is 8.34. The van der Waals surface area contributed by atoms with Crippen LogP contribution in [0.2, 0.25) is 0 Å². The summed E-state index contributed by atoms with van der Waals surface area (Å²) in [6.07, 6.45) is 3.07. The van der Waals surface area contributed by atoms with Crippen LogP contribution in [-0.2, 0) is 0 Å². The molecule has 0 aromatic heterocycles. The Morgan fingerprint density at radius 3 is 1.58 bits per heavy atom. The van der Waals surface area contributed by atoms with Gasteiger partial charge in [0.1, 0.15) is 0 Å². The molecule has 0 radical (unpaired) electrons. The third kappa shape index (κ3) is 3.97. The first-order chi connectivity index (χ1) is 15.1. The highest BCUT2D eigenvalue weighted by atomic mass is 19.3. The summed E-state index contributed by atoms with van der Waals surface area (Å²) in [5.74, 6) is -21.8. The van der Waals surface area contributed by atoms with Crippen molar-refractivity contribution in [2.24, 2.45) is 5.41 Å². The zero-order chi connectivity index (χ0) is 25.9. The second-order valence-corrected chi connectivity index (χ2v) is 7.41. The number of alkyl halides is 8. The van der Waals surface area contributed by atoms with E-state index in [4.69, 9.17) is 0 Å². The molecule has 0 spiro atoms. The molecule has 0 aromatic carbocycles. The van der Waals surface area contributed by atoms with Crippen molar-refractivity contribution in [2.75, 3.05) is 0 Å². The van der Waals surface area contributed by atoms with Crippen LogP contribution in [0.1, 0.15) is 26.7 Å². The van der Waals surface area contributed by atoms with Gasteiger partial charge in [0.05, 0.1) is 0 Å². The molecular weight excluding hydrogens is 452 g/mol. The SMILES string of the molecule is C=CCC(F)(F)C(F)(F)C1(C(F)(F)C(F)(F)CC=C)C(C=C)=C(/C=C\C)C(=C)/C1=C\C=C/C. The second kappa shape index (κ2) is 9.69. The summed E-state index contributed by atoms with van der Waals surface area (Å²) in [5, 5.41) is 0. The molecule has 0 fully saturated rings. The van der Waals surface area contributed by atoms with Crippen molar-refractivity contribution in [2.45, 2.75) is 50.4 Å². The average Bonchev–Trinajstić information content (AvgIpc) is 2.95. The molecule has 1 rings (SSSR count). The summed E-state index contributed by atoms with van der Waals surface area (Å²) >= 11 is 0. The Bertz CT molecular complexity index is 892. The number of hydrogen-bond donors (Lipinski definition) is 0. The first kappa shape index (κ1) is 28.4. The van der Waals surface area contributed by atoms with Gasteiger partial charge in [0.25, 0.3) is 0 Å². The van der Waals surface area contributed by atoms with Crippen LogP contribution in [0.5, 0.6) is 0 Å². The zero-order valence-electron chi connectivity index (χ0n) is 18.4. The lowest BCUT2D eigenvalue weighted by atomic mass is 9.62. The van der Waals surface area contributed by atoms with Gasteiger partial charge in [-0.05, 0) is 36.1 Å². The fourth-order valence-electron chi connectivity index (χ4n) is 3.96. The van der Waals surface area contributed by atoms with E-state index in [1.807, 2.05) is 0 Å². The highest BCUT2D eigenvalue weighted by molar-refractivity contribution is 5.71. The van der Waals surface area contributed by atoms with Crippen molar-refractivity contribution < 1.29 is 35.1 Å². The smallest absolute Gasteiger partial charge is 0.200 e. The van der Waals surface area contributed by atoms with Crippen molar-refractivity contribution in [3.8, 4) is 0 Å². The van der Waals surface area contributed by atoms with E-state index in [2.05, 4.69) is 26.3 Å². The predicted octanol–water partition coefficient (Wildman–Crippen LogP) is 8.80. The number of rotatable bonds is 11. The quantitative estimate of drug-likeness (QED) is 0.206. The average molecular weight is 478 g/mol. The van der Waals surface area contributed by atoms with Crippen LogP contribution in [0.15, 0.2) is 97.2 Å². The topological polar surface area (TPSA) is 0 Å². The van der Waals surface area contributed by atoms with E-state index < -0.39 is 64.2 Å². The number of allylic oxidation sites excluding steroid dienone is 12. The second-order valence-electron chi connectivity index (χ2n) is 7.41. The molecule has 182 valence electrons. The third-order valence-corrected chi connectivity index (χ3v) is 5.40. The molecule has 33 heavy (non-hydrogen) atoms. The lowest BCUT2D eigenvalue weighted by Crippen LogP contribution is -2.67. The maximum absolute atomic E-state index is 15.9. The first-order valence-corrected chi connectivity index (χ1v) is 9.88. The lowest BCUT2D eigenvalue weighted by Gasteiger charge is -2.49. The molecule has 0 unspecified atom stereocenters. The first-order valence-electron chi connectivity index (χ1n) is 9.88. The van der Waals surface area contributed by atoms with E-state index in [-0.39, 0.29) is 0 Å². The van der Waals surface area contributed by atoms with Gasteiger partial charge in [-0.2, -0.15) is 35.1 Å². The Morgan fingerprint density at radius 2 is 1.24 bits per heavy atom. The van der Waals surface area contributed by atoms with Crippen LogP contribution in [0.3, 0.4) is 0 Å². The summed E-state index contributed by atoms with van der Waals surface area (Å²) in [5.41, 5.74) is -7.79. The van der Waals surface area contributed by atoms with Crippen LogP contribution < -0.4 is 0 Å². The molecule has 0 amide bonds. The largest absolute Gasteiger partial charge is 0.330 e. The van der Waals surface area contributed by atoms with Crippen molar-refractivity contribution in [3.05, 3.63) is 97.2 Å². The van der Waals surface area contributed by atoms with E-state index >= 15 is 17.6 Å². The van der Waals surface area contributed by atoms with Crippen molar-refractivity contribution in [1.29, 1.82) is 0 Å². The van der Waals surface area contributed by atoms with Crippen LogP contribution in [0, 0.1) is 5.41 Å². The highest BCUT2D eigenvalue weighted by Crippen LogP contribution is 2.71. The minimum Gasteiger partial charge on any atom is -0.200 e. The molecule has 1 aliphatic rings. The molecule has 1 aliphatic carbocycles. The van der Waals surface area contributed by atoms with Gasteiger partial charge in [-0.1, -0.05) is 61.8 Å². The minimum atomic E-state index is -5.73. The van der Waals surface area contributed by atoms with Gasteiger partial charge in [-0.15, -0.1) is 13.2 Å². The van der Waals surface area contributed by atoms with Gasteiger partial charge in [-0.3, -0.25) is 0 Å². The molecule has 0 atom stereocenters. The summed E-state index contributed by atoms with van der Waals surface area (Å²) in [6, 6.07) is 0. The molecular formula is C25H26F8. The van der Waals surface area contributed by atoms with Gasteiger partial charge in [-0.25, -0.2) is 0 Å². The zero-order valence-corrected chi connectivity index (χ0v) is 18.4. The van der Waals surface area contributed by atoms with Crippen molar-refractivity contribution in [1.82, 2.24) is 0 Å². The third-order valence-electron chi connectivity index (χ3n) is 5.40. The molecule has 0 saturated carbocycles. The van der Waals surface area contributed by atoms with E-state index in [0.717, 1.165) is 12.2 Å². The fraction of sp³-hybridized carbons (Fsp3) is 0.360. The lowest BCUT2D eigenvalue weighted by molar-refractivity contribution is -0.335. The number of hydrogen-bond acceptors (Lipinski definition) is 0. The Morgan fingerprint density at radius 1 is 0.788 bits per heavy atom. The van der Waals surface area contributed by atoms with E-state index in [9.17, 15) is 17.6 Å². The van der Waals surface area contributed by atoms with Gasteiger partial charge < -0.3 is 0 Å². The van der Waals surface area contributed by atoms with Crippen molar-refractivity contribution in [3.63, 3.8) is 0 Å². The normalized spacial score (nSPS) is 19.2. The monoisotopic (exact) mass is 478 g/mol. The fourth-order valence-corrected chi connectivity index (χ4v) is 3.96. The van der Waals surface area contributed by atoms with Gasteiger partial charge in [0.15, 0.2) is 5.41 Å². The van der Waals surface area contributed by atoms with Crippen LogP contribution in [0.4, 0.5) is 35.1 Å². The maximum Gasteiger partial charge on any atom is 0.330 e. The molecule has 0 saturated heterocycles. The van der Waals surface area contributed by atoms with Gasteiger partial charge >= 0.3 is 23.7 Å². The molecule has 8 heteroatoms. The van der Waals surface area contributed by atoms with Gasteiger partial charge in [0, 0.05) is 12.8 Å². The molecule has 0 N–H and O–H groups in total. The summed E-state index contributed by atoms with van der Waals surface area (Å²) in [7, 11) is 0. The Hall–Kier alpha value is -2.64. The van der Waals surface area contributed by atoms with Gasteiger partial charge in [0.2, 0.25) is 0 Å².